The van der Waals surface area contributed by atoms with Crippen LogP contribution in [0.5, 0.6) is 0 Å². The maximum atomic E-state index is 14.3. The second-order valence-corrected chi connectivity index (χ2v) is 8.91. The largest absolute Gasteiger partial charge is 0.367 e. The van der Waals surface area contributed by atoms with Gasteiger partial charge in [0.2, 0.25) is 0 Å². The van der Waals surface area contributed by atoms with Gasteiger partial charge in [-0.1, -0.05) is 32.7 Å². The number of hydrogen-bond acceptors (Lipinski definition) is 6. The number of aromatic amines is 1. The van der Waals surface area contributed by atoms with E-state index in [9.17, 15) is 14.0 Å². The first-order valence-corrected chi connectivity index (χ1v) is 11.2. The Morgan fingerprint density at radius 2 is 2.03 bits per heavy atom. The van der Waals surface area contributed by atoms with Gasteiger partial charge in [0.1, 0.15) is 17.5 Å². The summed E-state index contributed by atoms with van der Waals surface area (Å²) in [4.78, 5) is 11.2. The average Bonchev–Trinajstić information content (AvgIpc) is 3.46. The number of aromatic nitrogens is 3. The topological polar surface area (TPSA) is 89.4 Å². The Labute approximate surface area is 185 Å². The van der Waals surface area contributed by atoms with Crippen molar-refractivity contribution in [1.82, 2.24) is 19.7 Å². The predicted octanol–water partition coefficient (Wildman–Crippen LogP) is 5.25. The van der Waals surface area contributed by atoms with E-state index in [-0.39, 0.29) is 17.1 Å². The highest BCUT2D eigenvalue weighted by molar-refractivity contribution is 7.97. The fraction of sp³-hybridized carbons (Fsp3) is 0.409. The molecular formula is C22H26F2N6S. The zero-order chi connectivity index (χ0) is 22.4. The molecule has 0 spiro atoms. The van der Waals surface area contributed by atoms with Gasteiger partial charge < -0.3 is 10.3 Å². The van der Waals surface area contributed by atoms with E-state index in [1.54, 1.807) is 18.1 Å². The van der Waals surface area contributed by atoms with Gasteiger partial charge in [0.25, 0.3) is 0 Å². The van der Waals surface area contributed by atoms with Crippen molar-refractivity contribution in [2.24, 2.45) is 5.92 Å². The summed E-state index contributed by atoms with van der Waals surface area (Å²) in [5.41, 5.74) is 1.33. The number of hydrogen-bond donors (Lipinski definition) is 3. The lowest BCUT2D eigenvalue weighted by Gasteiger charge is -2.10. The Hall–Kier alpha value is -2.70. The van der Waals surface area contributed by atoms with Crippen LogP contribution in [0.2, 0.25) is 0 Å². The van der Waals surface area contributed by atoms with E-state index in [0.29, 0.717) is 29.2 Å². The van der Waals surface area contributed by atoms with Gasteiger partial charge in [-0.15, -0.1) is 0 Å². The summed E-state index contributed by atoms with van der Waals surface area (Å²) in [6.45, 7) is 7.02. The van der Waals surface area contributed by atoms with Crippen molar-refractivity contribution < 1.29 is 8.78 Å². The van der Waals surface area contributed by atoms with E-state index in [0.717, 1.165) is 23.9 Å². The zero-order valence-corrected chi connectivity index (χ0v) is 18.6. The number of nitrogens with one attached hydrogen (secondary N) is 3. The molecular weight excluding hydrogens is 418 g/mol. The number of H-pyrrole nitrogens is 1. The van der Waals surface area contributed by atoms with Gasteiger partial charge in [-0.3, -0.25) is 4.72 Å². The SMILES string of the molecule is CC(C)C.N#Cc1cc(F)c(NCCSNC2CC2)nc1-c1c[nH]c2ncc(F)cc12. The summed E-state index contributed by atoms with van der Waals surface area (Å²) in [6, 6.07) is 5.01. The monoisotopic (exact) mass is 444 g/mol. The molecule has 3 heterocycles. The lowest BCUT2D eigenvalue weighted by molar-refractivity contribution is 0.623. The van der Waals surface area contributed by atoms with Crippen LogP contribution in [0.4, 0.5) is 14.6 Å². The molecule has 0 aromatic carbocycles. The summed E-state index contributed by atoms with van der Waals surface area (Å²) in [5.74, 6) is 0.548. The third-order valence-electron chi connectivity index (χ3n) is 4.17. The molecule has 0 atom stereocenters. The maximum Gasteiger partial charge on any atom is 0.166 e. The number of rotatable bonds is 7. The van der Waals surface area contributed by atoms with E-state index in [1.165, 1.54) is 18.9 Å². The van der Waals surface area contributed by atoms with Crippen LogP contribution < -0.4 is 10.0 Å². The molecule has 0 aliphatic heterocycles. The minimum Gasteiger partial charge on any atom is -0.367 e. The van der Waals surface area contributed by atoms with Crippen LogP contribution in [0.25, 0.3) is 22.3 Å². The molecule has 3 N–H and O–H groups in total. The number of nitriles is 1. The fourth-order valence-corrected chi connectivity index (χ4v) is 3.47. The first kappa shape index (κ1) is 23.0. The van der Waals surface area contributed by atoms with Crippen molar-refractivity contribution >= 4 is 28.8 Å². The van der Waals surface area contributed by atoms with Gasteiger partial charge in [-0.05, 0) is 30.9 Å². The summed E-state index contributed by atoms with van der Waals surface area (Å²) >= 11 is 1.59. The molecule has 31 heavy (non-hydrogen) atoms. The quantitative estimate of drug-likeness (QED) is 0.341. The first-order chi connectivity index (χ1) is 14.9. The Morgan fingerprint density at radius 3 is 2.71 bits per heavy atom. The Balaban J connectivity index is 0.000000628. The highest BCUT2D eigenvalue weighted by atomic mass is 32.2. The van der Waals surface area contributed by atoms with Crippen LogP contribution >= 0.6 is 11.9 Å². The molecule has 164 valence electrons. The van der Waals surface area contributed by atoms with Crippen LogP contribution in [-0.4, -0.2) is 33.3 Å². The molecule has 0 amide bonds. The average molecular weight is 445 g/mol. The smallest absolute Gasteiger partial charge is 0.166 e. The van der Waals surface area contributed by atoms with Crippen molar-refractivity contribution in [3.63, 3.8) is 0 Å². The Morgan fingerprint density at radius 1 is 1.29 bits per heavy atom. The molecule has 1 fully saturated rings. The minimum absolute atomic E-state index is 0.0646. The molecule has 6 nitrogen and oxygen atoms in total. The summed E-state index contributed by atoms with van der Waals surface area (Å²) in [5, 5.41) is 12.8. The number of halogens is 2. The predicted molar refractivity (Wildman–Crippen MR) is 122 cm³/mol. The van der Waals surface area contributed by atoms with Gasteiger partial charge in [-0.2, -0.15) is 5.26 Å². The summed E-state index contributed by atoms with van der Waals surface area (Å²) in [6.07, 6.45) is 5.11. The van der Waals surface area contributed by atoms with Crippen molar-refractivity contribution in [2.75, 3.05) is 17.6 Å². The van der Waals surface area contributed by atoms with Gasteiger partial charge >= 0.3 is 0 Å². The lowest BCUT2D eigenvalue weighted by Crippen LogP contribution is -2.13. The van der Waals surface area contributed by atoms with Crippen LogP contribution in [0.1, 0.15) is 39.2 Å². The Kier molecular flexibility index (Phi) is 7.82. The van der Waals surface area contributed by atoms with E-state index in [4.69, 9.17) is 0 Å². The number of fused-ring (bicyclic) bond motifs is 1. The molecule has 1 saturated carbocycles. The number of anilines is 1. The molecule has 0 saturated heterocycles. The van der Waals surface area contributed by atoms with E-state index >= 15 is 0 Å². The van der Waals surface area contributed by atoms with Crippen LogP contribution in [0, 0.1) is 28.9 Å². The molecule has 0 radical (unpaired) electrons. The van der Waals surface area contributed by atoms with E-state index < -0.39 is 11.6 Å². The molecule has 3 aromatic rings. The van der Waals surface area contributed by atoms with Gasteiger partial charge in [0.15, 0.2) is 11.6 Å². The molecule has 1 aliphatic carbocycles. The molecule has 9 heteroatoms. The third-order valence-corrected chi connectivity index (χ3v) is 5.08. The van der Waals surface area contributed by atoms with Crippen molar-refractivity contribution in [3.8, 4) is 17.3 Å². The van der Waals surface area contributed by atoms with Crippen LogP contribution in [0.3, 0.4) is 0 Å². The van der Waals surface area contributed by atoms with E-state index in [2.05, 4.69) is 45.8 Å². The molecule has 3 aromatic heterocycles. The normalized spacial score (nSPS) is 13.1. The lowest BCUT2D eigenvalue weighted by atomic mass is 10.1. The van der Waals surface area contributed by atoms with E-state index in [1.807, 2.05) is 6.07 Å². The molecule has 0 unspecified atom stereocenters. The fourth-order valence-electron chi connectivity index (χ4n) is 2.68. The molecule has 0 bridgehead atoms. The zero-order valence-electron chi connectivity index (χ0n) is 17.8. The maximum absolute atomic E-state index is 14.3. The first-order valence-electron chi connectivity index (χ1n) is 10.2. The number of nitrogens with zero attached hydrogens (tertiary/aromatic N) is 3. The molecule has 1 aliphatic rings. The highest BCUT2D eigenvalue weighted by Crippen LogP contribution is 2.31. The third kappa shape index (κ3) is 6.39. The highest BCUT2D eigenvalue weighted by Gasteiger charge is 2.20. The van der Waals surface area contributed by atoms with Crippen molar-refractivity contribution in [3.05, 3.63) is 41.7 Å². The van der Waals surface area contributed by atoms with Crippen LogP contribution in [0.15, 0.2) is 24.5 Å². The Bertz CT molecular complexity index is 1070. The van der Waals surface area contributed by atoms with Crippen molar-refractivity contribution in [2.45, 2.75) is 39.7 Å². The van der Waals surface area contributed by atoms with Gasteiger partial charge in [0, 0.05) is 35.5 Å². The minimum atomic E-state index is -0.598. The summed E-state index contributed by atoms with van der Waals surface area (Å²) < 4.78 is 31.2. The summed E-state index contributed by atoms with van der Waals surface area (Å²) in [7, 11) is 0. The van der Waals surface area contributed by atoms with Crippen LogP contribution in [-0.2, 0) is 0 Å². The number of pyridine rings is 2. The van der Waals surface area contributed by atoms with Gasteiger partial charge in [0.05, 0.1) is 17.5 Å². The second-order valence-electron chi connectivity index (χ2n) is 7.98. The second kappa shape index (κ2) is 10.6. The van der Waals surface area contributed by atoms with Crippen molar-refractivity contribution in [1.29, 1.82) is 5.26 Å². The standard InChI is InChI=1S/C18H16F2N6S.C4H10/c19-11-6-13-14(9-24-17(13)23-8-11)16-10(7-21)5-15(20)18(25-16)22-3-4-27-26-12-1-2-12;1-4(2)3/h5-6,8-9,12,26H,1-4H2,(H,22,25)(H,23,24);4H,1-3H3. The molecule has 4 rings (SSSR count). The van der Waals surface area contributed by atoms with Gasteiger partial charge in [-0.25, -0.2) is 18.7 Å².